The van der Waals surface area contributed by atoms with Crippen molar-refractivity contribution in [2.24, 2.45) is 0 Å². The first-order valence-corrected chi connectivity index (χ1v) is 10.3. The van der Waals surface area contributed by atoms with E-state index in [1.54, 1.807) is 12.1 Å². The molecule has 2 N–H and O–H groups in total. The number of nitrogens with one attached hydrogen (secondary N) is 2. The van der Waals surface area contributed by atoms with Crippen LogP contribution in [0.4, 0.5) is 25.0 Å². The van der Waals surface area contributed by atoms with Gasteiger partial charge in [0, 0.05) is 5.69 Å². The summed E-state index contributed by atoms with van der Waals surface area (Å²) in [6.45, 7) is -0.298. The van der Waals surface area contributed by atoms with Crippen molar-refractivity contribution in [2.45, 2.75) is 0 Å². The van der Waals surface area contributed by atoms with Gasteiger partial charge >= 0.3 is 6.03 Å². The van der Waals surface area contributed by atoms with Gasteiger partial charge in [0.05, 0.1) is 5.69 Å². The summed E-state index contributed by atoms with van der Waals surface area (Å²) in [5.41, 5.74) is 0.696. The molecule has 3 aromatic carbocycles. The summed E-state index contributed by atoms with van der Waals surface area (Å²) >= 11 is 0. The summed E-state index contributed by atoms with van der Waals surface area (Å²) in [6, 6.07) is 15.2. The number of imide groups is 2. The Morgan fingerprint density at radius 3 is 2.11 bits per heavy atom. The number of carbonyl (C=O) groups excluding carboxylic acids is 4. The molecule has 176 valence electrons. The number of rotatable bonds is 6. The first kappa shape index (κ1) is 23.3. The van der Waals surface area contributed by atoms with Gasteiger partial charge in [-0.1, -0.05) is 12.1 Å². The third-order valence-electron chi connectivity index (χ3n) is 4.88. The maximum absolute atomic E-state index is 13.2. The Hall–Kier alpha value is -4.86. The Labute approximate surface area is 197 Å². The van der Waals surface area contributed by atoms with Crippen LogP contribution < -0.4 is 20.3 Å². The van der Waals surface area contributed by atoms with Crippen molar-refractivity contribution < 1.29 is 32.7 Å². The van der Waals surface area contributed by atoms with Crippen molar-refractivity contribution in [3.63, 3.8) is 0 Å². The molecule has 4 rings (SSSR count). The van der Waals surface area contributed by atoms with Gasteiger partial charge in [-0.05, 0) is 72.3 Å². The lowest BCUT2D eigenvalue weighted by molar-refractivity contribution is -0.122. The molecule has 10 heteroatoms. The first-order chi connectivity index (χ1) is 16.8. The highest BCUT2D eigenvalue weighted by atomic mass is 19.1. The number of ether oxygens (including phenoxy) is 1. The van der Waals surface area contributed by atoms with E-state index in [0.29, 0.717) is 17.0 Å². The summed E-state index contributed by atoms with van der Waals surface area (Å²) in [5, 5.41) is 4.65. The molecule has 1 aliphatic heterocycles. The lowest BCUT2D eigenvalue weighted by atomic mass is 10.1. The van der Waals surface area contributed by atoms with Gasteiger partial charge in [-0.3, -0.25) is 19.7 Å². The van der Waals surface area contributed by atoms with Crippen LogP contribution in [-0.2, 0) is 14.4 Å². The average molecular weight is 477 g/mol. The highest BCUT2D eigenvalue weighted by Crippen LogP contribution is 2.23. The third-order valence-corrected chi connectivity index (χ3v) is 4.88. The Kier molecular flexibility index (Phi) is 6.63. The fourth-order valence-electron chi connectivity index (χ4n) is 3.19. The van der Waals surface area contributed by atoms with Crippen LogP contribution in [-0.4, -0.2) is 30.4 Å². The summed E-state index contributed by atoms with van der Waals surface area (Å²) in [6.07, 6.45) is 1.30. The number of halogens is 2. The van der Waals surface area contributed by atoms with Crippen molar-refractivity contribution in [1.82, 2.24) is 5.32 Å². The van der Waals surface area contributed by atoms with E-state index >= 15 is 0 Å². The van der Waals surface area contributed by atoms with Gasteiger partial charge in [-0.25, -0.2) is 18.5 Å². The molecular weight excluding hydrogens is 460 g/mol. The van der Waals surface area contributed by atoms with Crippen molar-refractivity contribution in [1.29, 1.82) is 0 Å². The van der Waals surface area contributed by atoms with E-state index < -0.39 is 35.4 Å². The minimum absolute atomic E-state index is 0.106. The number of barbiturate groups is 1. The van der Waals surface area contributed by atoms with E-state index in [-0.39, 0.29) is 17.9 Å². The molecule has 8 nitrogen and oxygen atoms in total. The van der Waals surface area contributed by atoms with Crippen LogP contribution in [0.15, 0.2) is 78.4 Å². The quantitative estimate of drug-likeness (QED) is 0.417. The lowest BCUT2D eigenvalue weighted by Gasteiger charge is -2.26. The van der Waals surface area contributed by atoms with Gasteiger partial charge in [0.25, 0.3) is 17.7 Å². The maximum atomic E-state index is 13.2. The molecule has 0 unspecified atom stereocenters. The second kappa shape index (κ2) is 9.96. The Bertz CT molecular complexity index is 1320. The SMILES string of the molecule is O=C(COc1ccc(/C=C2\C(=O)NC(=O)N(c3ccc(F)cc3)C2=O)cc1)Nc1ccc(F)cc1. The zero-order chi connectivity index (χ0) is 24.9. The topological polar surface area (TPSA) is 105 Å². The molecule has 0 aromatic heterocycles. The second-order valence-electron chi connectivity index (χ2n) is 7.35. The number of anilines is 2. The predicted octanol–water partition coefficient (Wildman–Crippen LogP) is 3.65. The van der Waals surface area contributed by atoms with Gasteiger partial charge in [0.1, 0.15) is 23.0 Å². The number of benzene rings is 3. The first-order valence-electron chi connectivity index (χ1n) is 10.3. The standard InChI is InChI=1S/C25H17F2N3O5/c26-16-3-7-18(8-4-16)28-22(31)14-35-20-11-1-15(2-12-20)13-21-23(32)29-25(34)30(24(21)33)19-9-5-17(27)6-10-19/h1-13H,14H2,(H,28,31)(H,29,32,34)/b21-13+. The molecule has 0 saturated carbocycles. The molecule has 1 aliphatic rings. The molecule has 0 spiro atoms. The monoisotopic (exact) mass is 477 g/mol. The third kappa shape index (κ3) is 5.56. The van der Waals surface area contributed by atoms with Crippen LogP contribution >= 0.6 is 0 Å². The summed E-state index contributed by atoms with van der Waals surface area (Å²) in [5.74, 6) is -2.78. The Morgan fingerprint density at radius 1 is 0.886 bits per heavy atom. The molecule has 3 aromatic rings. The molecule has 1 heterocycles. The second-order valence-corrected chi connectivity index (χ2v) is 7.35. The molecular formula is C25H17F2N3O5. The van der Waals surface area contributed by atoms with Gasteiger partial charge in [-0.2, -0.15) is 0 Å². The van der Waals surface area contributed by atoms with Gasteiger partial charge in [-0.15, -0.1) is 0 Å². The number of amides is 5. The van der Waals surface area contributed by atoms with Crippen LogP contribution in [0, 0.1) is 11.6 Å². The zero-order valence-corrected chi connectivity index (χ0v) is 18.0. The zero-order valence-electron chi connectivity index (χ0n) is 18.0. The van der Waals surface area contributed by atoms with Crippen LogP contribution in [0.2, 0.25) is 0 Å². The van der Waals surface area contributed by atoms with E-state index in [0.717, 1.165) is 17.0 Å². The lowest BCUT2D eigenvalue weighted by Crippen LogP contribution is -2.54. The van der Waals surface area contributed by atoms with Crippen molar-refractivity contribution in [2.75, 3.05) is 16.8 Å². The molecule has 35 heavy (non-hydrogen) atoms. The highest BCUT2D eigenvalue weighted by Gasteiger charge is 2.36. The average Bonchev–Trinajstić information content (AvgIpc) is 2.84. The van der Waals surface area contributed by atoms with E-state index in [4.69, 9.17) is 4.74 Å². The Morgan fingerprint density at radius 2 is 1.49 bits per heavy atom. The van der Waals surface area contributed by atoms with E-state index in [1.165, 1.54) is 54.6 Å². The fraction of sp³-hybridized carbons (Fsp3) is 0.0400. The van der Waals surface area contributed by atoms with E-state index in [1.807, 2.05) is 0 Å². The number of carbonyl (C=O) groups is 4. The minimum atomic E-state index is -0.939. The number of urea groups is 1. The van der Waals surface area contributed by atoms with Crippen LogP contribution in [0.1, 0.15) is 5.56 Å². The molecule has 1 fully saturated rings. The smallest absolute Gasteiger partial charge is 0.335 e. The molecule has 0 radical (unpaired) electrons. The van der Waals surface area contributed by atoms with Crippen molar-refractivity contribution >= 4 is 41.2 Å². The maximum Gasteiger partial charge on any atom is 0.335 e. The number of hydrogen-bond donors (Lipinski definition) is 2. The van der Waals surface area contributed by atoms with Gasteiger partial charge in [0.2, 0.25) is 0 Å². The minimum Gasteiger partial charge on any atom is -0.484 e. The summed E-state index contributed by atoms with van der Waals surface area (Å²) in [7, 11) is 0. The van der Waals surface area contributed by atoms with Crippen LogP contribution in [0.25, 0.3) is 6.08 Å². The van der Waals surface area contributed by atoms with Crippen molar-refractivity contribution in [3.8, 4) is 5.75 Å². The van der Waals surface area contributed by atoms with Crippen LogP contribution in [0.3, 0.4) is 0 Å². The Balaban J connectivity index is 1.42. The number of hydrogen-bond acceptors (Lipinski definition) is 5. The van der Waals surface area contributed by atoms with Gasteiger partial charge < -0.3 is 10.1 Å². The van der Waals surface area contributed by atoms with Gasteiger partial charge in [0.15, 0.2) is 6.61 Å². The summed E-state index contributed by atoms with van der Waals surface area (Å²) in [4.78, 5) is 50.0. The number of nitrogens with zero attached hydrogens (tertiary/aromatic N) is 1. The van der Waals surface area contributed by atoms with E-state index in [9.17, 15) is 28.0 Å². The molecule has 0 atom stereocenters. The largest absolute Gasteiger partial charge is 0.484 e. The normalized spacial score (nSPS) is 14.6. The molecule has 5 amide bonds. The highest BCUT2D eigenvalue weighted by molar-refractivity contribution is 6.39. The molecule has 0 bridgehead atoms. The fourth-order valence-corrected chi connectivity index (χ4v) is 3.19. The predicted molar refractivity (Wildman–Crippen MR) is 122 cm³/mol. The van der Waals surface area contributed by atoms with Crippen LogP contribution in [0.5, 0.6) is 5.75 Å². The summed E-state index contributed by atoms with van der Waals surface area (Å²) < 4.78 is 31.5. The molecule has 0 aliphatic carbocycles. The molecule has 1 saturated heterocycles. The van der Waals surface area contributed by atoms with Crippen molar-refractivity contribution in [3.05, 3.63) is 95.6 Å². The van der Waals surface area contributed by atoms with E-state index in [2.05, 4.69) is 10.6 Å².